The Balaban J connectivity index is 2.34. The molecule has 176 valence electrons. The summed E-state index contributed by atoms with van der Waals surface area (Å²) in [6.45, 7) is 10.9. The Morgan fingerprint density at radius 1 is 1.19 bits per heavy atom. The summed E-state index contributed by atoms with van der Waals surface area (Å²) in [7, 11) is -6.04. The average molecular weight is 564 g/mol. The van der Waals surface area contributed by atoms with Gasteiger partial charge in [-0.05, 0) is 48.0 Å². The number of benzene rings is 2. The lowest BCUT2D eigenvalue weighted by molar-refractivity contribution is -0.384. The number of nitrogens with one attached hydrogen (secondary N) is 1. The third kappa shape index (κ3) is 6.85. The quantitative estimate of drug-likeness (QED) is 0.173. The number of alkyl halides is 1. The standard InChI is InChI=1S/C21H28BrClN2O5SSi/c1-21(2,3)32(4,5)30-14-19(22)20(15-7-6-8-16(23)13-15)24-31(28,29)18-11-9-17(10-12-18)25(26)27/h6-13,19-20,24H,14H2,1-5H3/t19-,20+/m0/s1. The predicted octanol–water partition coefficient (Wildman–Crippen LogP) is 6.05. The maximum Gasteiger partial charge on any atom is 0.269 e. The van der Waals surface area contributed by atoms with Crippen LogP contribution < -0.4 is 4.72 Å². The van der Waals surface area contributed by atoms with Gasteiger partial charge < -0.3 is 4.43 Å². The summed E-state index contributed by atoms with van der Waals surface area (Å²) in [5.41, 5.74) is 0.486. The number of nitrogens with zero attached hydrogens (tertiary/aromatic N) is 1. The minimum absolute atomic E-state index is 0.00350. The van der Waals surface area contributed by atoms with Gasteiger partial charge in [0.15, 0.2) is 8.32 Å². The second-order valence-electron chi connectivity index (χ2n) is 8.99. The van der Waals surface area contributed by atoms with Gasteiger partial charge in [-0.3, -0.25) is 10.1 Å². The maximum atomic E-state index is 13.1. The van der Waals surface area contributed by atoms with Crippen LogP contribution in [0.5, 0.6) is 0 Å². The number of rotatable bonds is 9. The molecule has 0 aromatic heterocycles. The number of halogens is 2. The van der Waals surface area contributed by atoms with E-state index < -0.39 is 29.3 Å². The van der Waals surface area contributed by atoms with Crippen molar-refractivity contribution in [3.8, 4) is 0 Å². The van der Waals surface area contributed by atoms with Crippen LogP contribution in [0.15, 0.2) is 53.4 Å². The Labute approximate surface area is 204 Å². The normalized spacial score (nSPS) is 14.7. The number of sulfonamides is 1. The topological polar surface area (TPSA) is 98.5 Å². The van der Waals surface area contributed by atoms with E-state index in [9.17, 15) is 18.5 Å². The molecule has 0 unspecified atom stereocenters. The largest absolute Gasteiger partial charge is 0.416 e. The van der Waals surface area contributed by atoms with Crippen LogP contribution in [0.25, 0.3) is 0 Å². The highest BCUT2D eigenvalue weighted by Gasteiger charge is 2.38. The van der Waals surface area contributed by atoms with E-state index >= 15 is 0 Å². The number of hydrogen-bond donors (Lipinski definition) is 1. The Morgan fingerprint density at radius 2 is 1.78 bits per heavy atom. The fourth-order valence-corrected chi connectivity index (χ4v) is 6.12. The van der Waals surface area contributed by atoms with E-state index in [1.807, 2.05) is 0 Å². The summed E-state index contributed by atoms with van der Waals surface area (Å²) in [5, 5.41) is 11.4. The molecule has 0 aliphatic carbocycles. The SMILES string of the molecule is CC(C)(C)[Si](C)(C)OC[C@H](Br)[C@H](NS(=O)(=O)c1ccc([N+](=O)[O-])cc1)c1cccc(Cl)c1. The summed E-state index contributed by atoms with van der Waals surface area (Å²) >= 11 is 9.78. The van der Waals surface area contributed by atoms with Crippen LogP contribution in [-0.2, 0) is 14.4 Å². The number of non-ortho nitro benzene ring substituents is 1. The Bertz CT molecular complexity index is 1060. The van der Waals surface area contributed by atoms with Crippen molar-refractivity contribution in [1.82, 2.24) is 4.72 Å². The molecular weight excluding hydrogens is 536 g/mol. The Morgan fingerprint density at radius 3 is 2.28 bits per heavy atom. The number of nitro benzene ring substituents is 1. The second-order valence-corrected chi connectivity index (χ2v) is 17.1. The molecule has 0 aliphatic rings. The number of hydrogen-bond acceptors (Lipinski definition) is 5. The van der Waals surface area contributed by atoms with Crippen molar-refractivity contribution in [2.24, 2.45) is 0 Å². The van der Waals surface area contributed by atoms with Gasteiger partial charge in [-0.25, -0.2) is 13.1 Å². The molecule has 0 radical (unpaired) electrons. The molecule has 7 nitrogen and oxygen atoms in total. The van der Waals surface area contributed by atoms with Crippen LogP contribution in [0, 0.1) is 10.1 Å². The van der Waals surface area contributed by atoms with Crippen molar-refractivity contribution in [1.29, 1.82) is 0 Å². The minimum Gasteiger partial charge on any atom is -0.416 e. The fraction of sp³-hybridized carbons (Fsp3) is 0.429. The van der Waals surface area contributed by atoms with E-state index in [1.54, 1.807) is 24.3 Å². The van der Waals surface area contributed by atoms with Gasteiger partial charge in [-0.15, -0.1) is 0 Å². The highest BCUT2D eigenvalue weighted by molar-refractivity contribution is 9.09. The molecule has 2 rings (SSSR count). The zero-order valence-corrected chi connectivity index (χ0v) is 22.8. The molecule has 32 heavy (non-hydrogen) atoms. The first-order valence-corrected chi connectivity index (χ1v) is 15.6. The lowest BCUT2D eigenvalue weighted by atomic mass is 10.1. The van der Waals surface area contributed by atoms with Crippen LogP contribution >= 0.6 is 27.5 Å². The Hall–Kier alpha value is -1.30. The zero-order valence-electron chi connectivity index (χ0n) is 18.6. The molecule has 0 amide bonds. The van der Waals surface area contributed by atoms with Gasteiger partial charge in [-0.1, -0.05) is 60.4 Å². The van der Waals surface area contributed by atoms with Crippen LogP contribution in [0.2, 0.25) is 23.2 Å². The van der Waals surface area contributed by atoms with Crippen LogP contribution in [0.4, 0.5) is 5.69 Å². The van der Waals surface area contributed by atoms with E-state index in [0.29, 0.717) is 10.6 Å². The molecular formula is C21H28BrClN2O5SSi. The monoisotopic (exact) mass is 562 g/mol. The average Bonchev–Trinajstić information content (AvgIpc) is 2.69. The number of nitro groups is 1. The molecule has 1 N–H and O–H groups in total. The van der Waals surface area contributed by atoms with Gasteiger partial charge in [0.2, 0.25) is 10.0 Å². The van der Waals surface area contributed by atoms with Gasteiger partial charge in [0.05, 0.1) is 20.7 Å². The lowest BCUT2D eigenvalue weighted by Crippen LogP contribution is -2.44. The first-order chi connectivity index (χ1) is 14.6. The van der Waals surface area contributed by atoms with E-state index in [1.165, 1.54) is 12.1 Å². The van der Waals surface area contributed by atoms with Crippen molar-refractivity contribution in [3.63, 3.8) is 0 Å². The smallest absolute Gasteiger partial charge is 0.269 e. The first-order valence-electron chi connectivity index (χ1n) is 9.94. The summed E-state index contributed by atoms with van der Waals surface area (Å²) in [6.07, 6.45) is 0. The van der Waals surface area contributed by atoms with Crippen molar-refractivity contribution in [2.45, 2.75) is 54.7 Å². The highest BCUT2D eigenvalue weighted by Crippen LogP contribution is 2.37. The molecule has 0 saturated heterocycles. The van der Waals surface area contributed by atoms with E-state index in [-0.39, 0.29) is 27.1 Å². The molecule has 2 aromatic carbocycles. The molecule has 0 saturated carbocycles. The van der Waals surface area contributed by atoms with Crippen molar-refractivity contribution in [3.05, 3.63) is 69.2 Å². The van der Waals surface area contributed by atoms with Gasteiger partial charge in [0.1, 0.15) is 0 Å². The van der Waals surface area contributed by atoms with Crippen molar-refractivity contribution < 1.29 is 17.8 Å². The molecule has 2 aromatic rings. The molecule has 0 aliphatic heterocycles. The molecule has 0 spiro atoms. The van der Waals surface area contributed by atoms with E-state index in [2.05, 4.69) is 54.5 Å². The molecule has 11 heteroatoms. The van der Waals surface area contributed by atoms with Gasteiger partial charge in [-0.2, -0.15) is 0 Å². The zero-order chi connectivity index (χ0) is 24.3. The summed E-state index contributed by atoms with van der Waals surface area (Å²) in [4.78, 5) is 9.85. The third-order valence-corrected chi connectivity index (χ3v) is 12.6. The van der Waals surface area contributed by atoms with Gasteiger partial charge in [0.25, 0.3) is 5.69 Å². The molecule has 0 bridgehead atoms. The van der Waals surface area contributed by atoms with Gasteiger partial charge >= 0.3 is 0 Å². The predicted molar refractivity (Wildman–Crippen MR) is 133 cm³/mol. The second kappa shape index (κ2) is 10.3. The third-order valence-electron chi connectivity index (χ3n) is 5.62. The van der Waals surface area contributed by atoms with Crippen LogP contribution in [-0.4, -0.2) is 33.1 Å². The molecule has 2 atom stereocenters. The van der Waals surface area contributed by atoms with Gasteiger partial charge in [0, 0.05) is 23.8 Å². The lowest BCUT2D eigenvalue weighted by Gasteiger charge is -2.37. The van der Waals surface area contributed by atoms with Crippen LogP contribution in [0.1, 0.15) is 32.4 Å². The summed E-state index contributed by atoms with van der Waals surface area (Å²) < 4.78 is 35.2. The summed E-state index contributed by atoms with van der Waals surface area (Å²) in [6, 6.07) is 11.0. The van der Waals surface area contributed by atoms with Crippen molar-refractivity contribution >= 4 is 51.6 Å². The van der Waals surface area contributed by atoms with E-state index in [0.717, 1.165) is 12.1 Å². The summed E-state index contributed by atoms with van der Waals surface area (Å²) in [5.74, 6) is 0. The highest BCUT2D eigenvalue weighted by atomic mass is 79.9. The van der Waals surface area contributed by atoms with Crippen LogP contribution in [0.3, 0.4) is 0 Å². The minimum atomic E-state index is -3.98. The van der Waals surface area contributed by atoms with Crippen molar-refractivity contribution in [2.75, 3.05) is 6.61 Å². The Kier molecular flexibility index (Phi) is 8.68. The molecule has 0 fully saturated rings. The fourth-order valence-electron chi connectivity index (χ4n) is 2.63. The first kappa shape index (κ1) is 26.9. The maximum absolute atomic E-state index is 13.1. The molecule has 0 heterocycles. The van der Waals surface area contributed by atoms with E-state index in [4.69, 9.17) is 16.0 Å².